The molecule has 0 amide bonds. The molecule has 1 N–H and O–H groups in total. The van der Waals surface area contributed by atoms with Crippen LogP contribution in [0.2, 0.25) is 0 Å². The molecule has 0 aromatic carbocycles. The fraction of sp³-hybridized carbons (Fsp3) is 1.00. The minimum Gasteiger partial charge on any atom is -0.371 e. The Hall–Kier alpha value is -0.740. The monoisotopic (exact) mass is 414 g/mol. The third-order valence-corrected chi connectivity index (χ3v) is 7.68. The van der Waals surface area contributed by atoms with Gasteiger partial charge in [0.25, 0.3) is 5.60 Å². The van der Waals surface area contributed by atoms with E-state index >= 15 is 4.39 Å². The minimum absolute atomic E-state index is 0.228. The summed E-state index contributed by atoms with van der Waals surface area (Å²) >= 11 is 0. The van der Waals surface area contributed by atoms with E-state index in [1.54, 1.807) is 0 Å². The summed E-state index contributed by atoms with van der Waals surface area (Å²) in [5.41, 5.74) is -11.0. The predicted molar refractivity (Wildman–Crippen MR) is 69.9 cm³/mol. The van der Waals surface area contributed by atoms with E-state index in [1.165, 1.54) is 0 Å². The minimum atomic E-state index is -6.64. The standard InChI is InChI=1S/C16H16F10O/c17-12(14(27,15(21,22)23)16(24,25)26)8-4-7(11(12)13(18,19)20)9-5-1-2-6(3-5)10(8)9/h5-11,27H,1-4H2. The van der Waals surface area contributed by atoms with Gasteiger partial charge in [0.2, 0.25) is 0 Å². The van der Waals surface area contributed by atoms with Gasteiger partial charge in [-0.25, -0.2) is 4.39 Å². The van der Waals surface area contributed by atoms with Crippen molar-refractivity contribution in [2.75, 3.05) is 0 Å². The van der Waals surface area contributed by atoms with Crippen molar-refractivity contribution in [1.29, 1.82) is 0 Å². The van der Waals surface area contributed by atoms with Crippen LogP contribution < -0.4 is 0 Å². The van der Waals surface area contributed by atoms with E-state index in [-0.39, 0.29) is 11.8 Å². The molecule has 0 aromatic rings. The van der Waals surface area contributed by atoms with Gasteiger partial charge in [-0.1, -0.05) is 0 Å². The van der Waals surface area contributed by atoms with E-state index in [2.05, 4.69) is 0 Å². The molecule has 4 fully saturated rings. The number of rotatable bonds is 1. The average molecular weight is 414 g/mol. The number of alkyl halides is 10. The van der Waals surface area contributed by atoms with Gasteiger partial charge in [0, 0.05) is 5.92 Å². The highest BCUT2D eigenvalue weighted by Crippen LogP contribution is 2.77. The molecule has 11 heteroatoms. The molecule has 27 heavy (non-hydrogen) atoms. The molecule has 0 aliphatic heterocycles. The Labute approximate surface area is 147 Å². The molecule has 1 nitrogen and oxygen atoms in total. The Balaban J connectivity index is 1.92. The Bertz CT molecular complexity index is 623. The average Bonchev–Trinajstić information content (AvgIpc) is 3.19. The van der Waals surface area contributed by atoms with Crippen molar-refractivity contribution in [2.24, 2.45) is 41.4 Å². The van der Waals surface area contributed by atoms with Crippen LogP contribution in [0.15, 0.2) is 0 Å². The van der Waals surface area contributed by atoms with Crippen molar-refractivity contribution in [3.63, 3.8) is 0 Å². The van der Waals surface area contributed by atoms with Crippen LogP contribution in [0.1, 0.15) is 25.7 Å². The lowest BCUT2D eigenvalue weighted by molar-refractivity contribution is -0.427. The summed E-state index contributed by atoms with van der Waals surface area (Å²) in [6, 6.07) is 0. The number of halogens is 10. The summed E-state index contributed by atoms with van der Waals surface area (Å²) in [6.07, 6.45) is -18.2. The van der Waals surface area contributed by atoms with E-state index in [0.717, 1.165) is 0 Å². The first-order valence-corrected chi connectivity index (χ1v) is 8.68. The van der Waals surface area contributed by atoms with Crippen LogP contribution in [-0.2, 0) is 0 Å². The van der Waals surface area contributed by atoms with E-state index in [9.17, 15) is 44.6 Å². The highest BCUT2D eigenvalue weighted by molar-refractivity contribution is 5.28. The molecule has 4 bridgehead atoms. The molecule has 0 heterocycles. The maximum atomic E-state index is 15.8. The molecule has 0 aromatic heterocycles. The molecule has 8 unspecified atom stereocenters. The van der Waals surface area contributed by atoms with Crippen LogP contribution in [0.5, 0.6) is 0 Å². The molecule has 0 radical (unpaired) electrons. The third-order valence-electron chi connectivity index (χ3n) is 7.68. The summed E-state index contributed by atoms with van der Waals surface area (Å²) in [5, 5.41) is 9.66. The van der Waals surface area contributed by atoms with E-state index in [1.807, 2.05) is 0 Å². The maximum Gasteiger partial charge on any atom is 0.429 e. The van der Waals surface area contributed by atoms with Crippen LogP contribution in [0.25, 0.3) is 0 Å². The fourth-order valence-electron chi connectivity index (χ4n) is 7.14. The second kappa shape index (κ2) is 5.05. The third kappa shape index (κ3) is 2.07. The second-order valence-corrected chi connectivity index (χ2v) is 8.49. The molecule has 4 saturated carbocycles. The zero-order valence-electron chi connectivity index (χ0n) is 13.6. The Kier molecular flexibility index (Phi) is 3.66. The van der Waals surface area contributed by atoms with E-state index < -0.39 is 65.8 Å². The summed E-state index contributed by atoms with van der Waals surface area (Å²) in [6.45, 7) is 0. The van der Waals surface area contributed by atoms with Gasteiger partial charge in [0.05, 0.1) is 5.92 Å². The normalized spacial score (nSPS) is 47.0. The zero-order valence-corrected chi connectivity index (χ0v) is 13.6. The lowest BCUT2D eigenvalue weighted by atomic mass is 9.57. The summed E-state index contributed by atoms with van der Waals surface area (Å²) in [7, 11) is 0. The first-order valence-electron chi connectivity index (χ1n) is 8.68. The van der Waals surface area contributed by atoms with Crippen molar-refractivity contribution in [3.05, 3.63) is 0 Å². The lowest BCUT2D eigenvalue weighted by Gasteiger charge is -2.53. The van der Waals surface area contributed by atoms with Crippen LogP contribution in [0, 0.1) is 41.4 Å². The van der Waals surface area contributed by atoms with Crippen LogP contribution in [0.3, 0.4) is 0 Å². The molecular formula is C16H16F10O. The SMILES string of the molecule is OC(C(F)(F)F)(C(F)(F)F)C1(F)C2CC(C3C4CCC(C4)C32)C1C(F)(F)F. The van der Waals surface area contributed by atoms with E-state index in [4.69, 9.17) is 0 Å². The predicted octanol–water partition coefficient (Wildman–Crippen LogP) is 5.04. The van der Waals surface area contributed by atoms with Gasteiger partial charge in [-0.3, -0.25) is 0 Å². The Morgan fingerprint density at radius 1 is 0.741 bits per heavy atom. The Morgan fingerprint density at radius 2 is 1.22 bits per heavy atom. The van der Waals surface area contributed by atoms with Crippen molar-refractivity contribution in [3.8, 4) is 0 Å². The van der Waals surface area contributed by atoms with Gasteiger partial charge in [-0.2, -0.15) is 39.5 Å². The maximum absolute atomic E-state index is 15.8. The largest absolute Gasteiger partial charge is 0.429 e. The van der Waals surface area contributed by atoms with Gasteiger partial charge in [-0.15, -0.1) is 0 Å². The lowest BCUT2D eigenvalue weighted by Crippen LogP contribution is -2.75. The number of aliphatic hydroxyl groups is 1. The van der Waals surface area contributed by atoms with Crippen molar-refractivity contribution in [1.82, 2.24) is 0 Å². The van der Waals surface area contributed by atoms with Gasteiger partial charge < -0.3 is 5.11 Å². The topological polar surface area (TPSA) is 20.2 Å². The Morgan fingerprint density at radius 3 is 1.67 bits per heavy atom. The van der Waals surface area contributed by atoms with Crippen molar-refractivity contribution >= 4 is 0 Å². The van der Waals surface area contributed by atoms with Crippen molar-refractivity contribution < 1.29 is 49.0 Å². The number of fused-ring (bicyclic) bond motifs is 9. The summed E-state index contributed by atoms with van der Waals surface area (Å²) in [4.78, 5) is 0. The molecule has 8 atom stereocenters. The highest BCUT2D eigenvalue weighted by Gasteiger charge is 2.91. The highest BCUT2D eigenvalue weighted by atomic mass is 19.4. The number of hydrogen-bond donors (Lipinski definition) is 1. The molecule has 0 saturated heterocycles. The van der Waals surface area contributed by atoms with Crippen LogP contribution >= 0.6 is 0 Å². The quantitative estimate of drug-likeness (QED) is 0.471. The van der Waals surface area contributed by atoms with Gasteiger partial charge in [-0.05, 0) is 55.3 Å². The smallest absolute Gasteiger partial charge is 0.371 e. The second-order valence-electron chi connectivity index (χ2n) is 8.49. The summed E-state index contributed by atoms with van der Waals surface area (Å²) < 4.78 is 137. The van der Waals surface area contributed by atoms with Gasteiger partial charge >= 0.3 is 18.5 Å². The van der Waals surface area contributed by atoms with Crippen LogP contribution in [-0.4, -0.2) is 34.9 Å². The van der Waals surface area contributed by atoms with Crippen LogP contribution in [0.4, 0.5) is 43.9 Å². The van der Waals surface area contributed by atoms with Gasteiger partial charge in [0.1, 0.15) is 0 Å². The molecule has 4 rings (SSSR count). The molecule has 156 valence electrons. The first kappa shape index (κ1) is 19.6. The molecule has 4 aliphatic carbocycles. The zero-order chi connectivity index (χ0) is 20.4. The first-order chi connectivity index (χ1) is 12.1. The van der Waals surface area contributed by atoms with Crippen molar-refractivity contribution in [2.45, 2.75) is 55.5 Å². The summed E-state index contributed by atoms with van der Waals surface area (Å²) in [5.74, 6) is -9.61. The molecule has 0 spiro atoms. The van der Waals surface area contributed by atoms with E-state index in [0.29, 0.717) is 19.3 Å². The fourth-order valence-corrected chi connectivity index (χ4v) is 7.14. The van der Waals surface area contributed by atoms with Gasteiger partial charge in [0.15, 0.2) is 5.67 Å². The number of hydrogen-bond acceptors (Lipinski definition) is 1. The molecular weight excluding hydrogens is 398 g/mol. The molecule has 4 aliphatic rings.